The second-order valence-electron chi connectivity index (χ2n) is 3.05. The highest BCUT2D eigenvalue weighted by Gasteiger charge is 1.88. The molecule has 0 amide bonds. The van der Waals surface area contributed by atoms with Crippen LogP contribution >= 0.6 is 0 Å². The standard InChI is InChI=1S/C10H20O/c1-3-4-5-6-7-8-9-10(2)11/h7-8,10-11H,3-6,9H2,1-2H3/b8-7-. The topological polar surface area (TPSA) is 20.2 Å². The summed E-state index contributed by atoms with van der Waals surface area (Å²) in [6.07, 6.45) is 9.91. The molecule has 0 saturated heterocycles. The van der Waals surface area contributed by atoms with E-state index in [1.165, 1.54) is 25.7 Å². The van der Waals surface area contributed by atoms with E-state index in [-0.39, 0.29) is 6.10 Å². The van der Waals surface area contributed by atoms with E-state index >= 15 is 0 Å². The van der Waals surface area contributed by atoms with Crippen LogP contribution in [0.15, 0.2) is 12.2 Å². The van der Waals surface area contributed by atoms with Crippen LogP contribution in [0.1, 0.15) is 46.0 Å². The van der Waals surface area contributed by atoms with Crippen molar-refractivity contribution in [3.63, 3.8) is 0 Å². The molecule has 0 aliphatic heterocycles. The summed E-state index contributed by atoms with van der Waals surface area (Å²) in [7, 11) is 0. The average molecular weight is 156 g/mol. The van der Waals surface area contributed by atoms with E-state index in [9.17, 15) is 0 Å². The third-order valence-electron chi connectivity index (χ3n) is 1.62. The van der Waals surface area contributed by atoms with Crippen molar-refractivity contribution in [2.45, 2.75) is 52.1 Å². The number of rotatable bonds is 6. The van der Waals surface area contributed by atoms with Gasteiger partial charge in [-0.1, -0.05) is 31.9 Å². The summed E-state index contributed by atoms with van der Waals surface area (Å²) in [4.78, 5) is 0. The molecule has 1 nitrogen and oxygen atoms in total. The van der Waals surface area contributed by atoms with E-state index in [1.54, 1.807) is 0 Å². The molecule has 0 radical (unpaired) electrons. The molecule has 1 heteroatoms. The van der Waals surface area contributed by atoms with Crippen LogP contribution in [0.2, 0.25) is 0 Å². The van der Waals surface area contributed by atoms with Gasteiger partial charge in [-0.15, -0.1) is 0 Å². The largest absolute Gasteiger partial charge is 0.393 e. The second kappa shape index (κ2) is 7.80. The molecular formula is C10H20O. The minimum atomic E-state index is -0.183. The van der Waals surface area contributed by atoms with Gasteiger partial charge in [0.2, 0.25) is 0 Å². The lowest BCUT2D eigenvalue weighted by atomic mass is 10.2. The van der Waals surface area contributed by atoms with E-state index in [0.717, 1.165) is 6.42 Å². The van der Waals surface area contributed by atoms with Gasteiger partial charge in [0.15, 0.2) is 0 Å². The molecule has 66 valence electrons. The molecule has 11 heavy (non-hydrogen) atoms. The maximum Gasteiger partial charge on any atom is 0.0546 e. The Kier molecular flexibility index (Phi) is 7.59. The van der Waals surface area contributed by atoms with Gasteiger partial charge in [0.25, 0.3) is 0 Å². The predicted octanol–water partition coefficient (Wildman–Crippen LogP) is 2.89. The minimum absolute atomic E-state index is 0.183. The first-order valence-corrected chi connectivity index (χ1v) is 4.60. The van der Waals surface area contributed by atoms with Crippen LogP contribution < -0.4 is 0 Å². The van der Waals surface area contributed by atoms with Crippen LogP contribution in [0.3, 0.4) is 0 Å². The fourth-order valence-corrected chi connectivity index (χ4v) is 0.923. The van der Waals surface area contributed by atoms with Crippen LogP contribution in [0.5, 0.6) is 0 Å². The smallest absolute Gasteiger partial charge is 0.0546 e. The van der Waals surface area contributed by atoms with Gasteiger partial charge in [0, 0.05) is 0 Å². The molecule has 1 N–H and O–H groups in total. The quantitative estimate of drug-likeness (QED) is 0.463. The van der Waals surface area contributed by atoms with Crippen molar-refractivity contribution in [1.82, 2.24) is 0 Å². The summed E-state index contributed by atoms with van der Waals surface area (Å²) in [5, 5.41) is 8.90. The Morgan fingerprint density at radius 3 is 2.55 bits per heavy atom. The third kappa shape index (κ3) is 9.70. The first kappa shape index (κ1) is 10.7. The number of hydrogen-bond acceptors (Lipinski definition) is 1. The highest BCUT2D eigenvalue weighted by Crippen LogP contribution is 2.00. The van der Waals surface area contributed by atoms with Gasteiger partial charge in [0.1, 0.15) is 0 Å². The van der Waals surface area contributed by atoms with Crippen LogP contribution in [-0.2, 0) is 0 Å². The van der Waals surface area contributed by atoms with Crippen LogP contribution in [0.25, 0.3) is 0 Å². The first-order valence-electron chi connectivity index (χ1n) is 4.60. The average Bonchev–Trinajstić information content (AvgIpc) is 1.96. The van der Waals surface area contributed by atoms with Gasteiger partial charge in [-0.25, -0.2) is 0 Å². The summed E-state index contributed by atoms with van der Waals surface area (Å²) in [6.45, 7) is 4.02. The highest BCUT2D eigenvalue weighted by molar-refractivity contribution is 4.82. The van der Waals surface area contributed by atoms with E-state index in [2.05, 4.69) is 19.1 Å². The fourth-order valence-electron chi connectivity index (χ4n) is 0.923. The molecule has 0 aromatic heterocycles. The van der Waals surface area contributed by atoms with Crippen molar-refractivity contribution in [3.05, 3.63) is 12.2 Å². The summed E-state index contributed by atoms with van der Waals surface area (Å²) < 4.78 is 0. The molecule has 0 saturated carbocycles. The van der Waals surface area contributed by atoms with Gasteiger partial charge in [-0.2, -0.15) is 0 Å². The second-order valence-corrected chi connectivity index (χ2v) is 3.05. The minimum Gasteiger partial charge on any atom is -0.393 e. The van der Waals surface area contributed by atoms with Crippen molar-refractivity contribution < 1.29 is 5.11 Å². The summed E-state index contributed by atoms with van der Waals surface area (Å²) in [5.74, 6) is 0. The van der Waals surface area contributed by atoms with Crippen molar-refractivity contribution in [1.29, 1.82) is 0 Å². The fraction of sp³-hybridized carbons (Fsp3) is 0.800. The van der Waals surface area contributed by atoms with Crippen LogP contribution in [-0.4, -0.2) is 11.2 Å². The summed E-state index contributed by atoms with van der Waals surface area (Å²) in [6, 6.07) is 0. The van der Waals surface area contributed by atoms with Crippen molar-refractivity contribution in [2.75, 3.05) is 0 Å². The van der Waals surface area contributed by atoms with Gasteiger partial charge >= 0.3 is 0 Å². The van der Waals surface area contributed by atoms with Crippen molar-refractivity contribution >= 4 is 0 Å². The highest BCUT2D eigenvalue weighted by atomic mass is 16.3. The molecule has 0 heterocycles. The Morgan fingerprint density at radius 1 is 1.27 bits per heavy atom. The van der Waals surface area contributed by atoms with Crippen LogP contribution in [0.4, 0.5) is 0 Å². The lowest BCUT2D eigenvalue weighted by molar-refractivity contribution is 0.198. The van der Waals surface area contributed by atoms with E-state index in [4.69, 9.17) is 5.11 Å². The number of unbranched alkanes of at least 4 members (excludes halogenated alkanes) is 3. The zero-order valence-corrected chi connectivity index (χ0v) is 7.71. The molecule has 0 aromatic rings. The summed E-state index contributed by atoms with van der Waals surface area (Å²) in [5.41, 5.74) is 0. The molecule has 0 aromatic carbocycles. The molecule has 0 spiro atoms. The molecular weight excluding hydrogens is 136 g/mol. The first-order chi connectivity index (χ1) is 5.27. The molecule has 0 aliphatic carbocycles. The summed E-state index contributed by atoms with van der Waals surface area (Å²) >= 11 is 0. The Bertz CT molecular complexity index is 95.0. The Morgan fingerprint density at radius 2 is 2.00 bits per heavy atom. The Hall–Kier alpha value is -0.300. The normalized spacial score (nSPS) is 14.1. The zero-order chi connectivity index (χ0) is 8.53. The number of allylic oxidation sites excluding steroid dienone is 1. The Balaban J connectivity index is 3.03. The van der Waals surface area contributed by atoms with Gasteiger partial charge in [-0.3, -0.25) is 0 Å². The van der Waals surface area contributed by atoms with Gasteiger partial charge < -0.3 is 5.11 Å². The molecule has 0 fully saturated rings. The van der Waals surface area contributed by atoms with Crippen molar-refractivity contribution in [2.24, 2.45) is 0 Å². The predicted molar refractivity (Wildman–Crippen MR) is 49.6 cm³/mol. The molecule has 0 rings (SSSR count). The van der Waals surface area contributed by atoms with Crippen LogP contribution in [0, 0.1) is 0 Å². The lowest BCUT2D eigenvalue weighted by Crippen LogP contribution is -1.95. The SMILES string of the molecule is CCCCC/C=C\CC(C)O. The molecule has 1 unspecified atom stereocenters. The molecule has 1 atom stereocenters. The number of aliphatic hydroxyl groups excluding tert-OH is 1. The van der Waals surface area contributed by atoms with E-state index in [1.807, 2.05) is 6.92 Å². The zero-order valence-electron chi connectivity index (χ0n) is 7.71. The number of aliphatic hydroxyl groups is 1. The van der Waals surface area contributed by atoms with E-state index in [0.29, 0.717) is 0 Å². The molecule has 0 bridgehead atoms. The molecule has 0 aliphatic rings. The van der Waals surface area contributed by atoms with E-state index < -0.39 is 0 Å². The van der Waals surface area contributed by atoms with Gasteiger partial charge in [-0.05, 0) is 26.2 Å². The lowest BCUT2D eigenvalue weighted by Gasteiger charge is -1.96. The number of hydrogen-bond donors (Lipinski definition) is 1. The van der Waals surface area contributed by atoms with Crippen molar-refractivity contribution in [3.8, 4) is 0 Å². The monoisotopic (exact) mass is 156 g/mol. The van der Waals surface area contributed by atoms with Gasteiger partial charge in [0.05, 0.1) is 6.10 Å². The maximum atomic E-state index is 8.90. The maximum absolute atomic E-state index is 8.90. The third-order valence-corrected chi connectivity index (χ3v) is 1.62. The Labute approximate surface area is 70.1 Å².